The van der Waals surface area contributed by atoms with Crippen LogP contribution >= 0.6 is 0 Å². The van der Waals surface area contributed by atoms with Crippen LogP contribution in [0.3, 0.4) is 0 Å². The number of rotatable bonds is 3. The maximum Gasteiger partial charge on any atom is 0.389 e. The summed E-state index contributed by atoms with van der Waals surface area (Å²) in [4.78, 5) is 0. The van der Waals surface area contributed by atoms with Crippen molar-refractivity contribution in [3.8, 4) is 0 Å². The molecule has 0 aromatic carbocycles. The number of nitrogens with two attached hydrogens (primary N) is 1. The quantitative estimate of drug-likeness (QED) is 0.749. The molecular weight excluding hydrogens is 183 g/mol. The number of hydrogen-bond acceptors (Lipinski definition) is 2. The molecule has 2 unspecified atom stereocenters. The van der Waals surface area contributed by atoms with Crippen molar-refractivity contribution in [3.05, 3.63) is 0 Å². The Balaban J connectivity index is 2.20. The highest BCUT2D eigenvalue weighted by Crippen LogP contribution is 2.24. The molecule has 1 saturated heterocycles. The Kier molecular flexibility index (Phi) is 3.55. The van der Waals surface area contributed by atoms with Gasteiger partial charge in [-0.2, -0.15) is 13.2 Å². The standard InChI is InChI=1S/C8H14F3NO/c9-8(10,11)4-3-6(12)7-2-1-5-13-7/h6-7H,1-5,12H2. The predicted molar refractivity (Wildman–Crippen MR) is 42.2 cm³/mol. The van der Waals surface area contributed by atoms with Crippen molar-refractivity contribution in [2.45, 2.75) is 44.0 Å². The molecule has 0 spiro atoms. The third kappa shape index (κ3) is 3.95. The smallest absolute Gasteiger partial charge is 0.377 e. The van der Waals surface area contributed by atoms with Gasteiger partial charge in [0.05, 0.1) is 6.10 Å². The lowest BCUT2D eigenvalue weighted by Gasteiger charge is -2.18. The third-order valence-corrected chi connectivity index (χ3v) is 2.20. The first kappa shape index (κ1) is 10.8. The summed E-state index contributed by atoms with van der Waals surface area (Å²) in [5.74, 6) is 0. The van der Waals surface area contributed by atoms with Crippen LogP contribution in [0.5, 0.6) is 0 Å². The molecule has 5 heteroatoms. The first-order valence-corrected chi connectivity index (χ1v) is 4.43. The first-order valence-electron chi connectivity index (χ1n) is 4.43. The second-order valence-electron chi connectivity index (χ2n) is 3.37. The lowest BCUT2D eigenvalue weighted by Crippen LogP contribution is -2.35. The zero-order chi connectivity index (χ0) is 9.90. The molecule has 1 aliphatic rings. The van der Waals surface area contributed by atoms with E-state index in [0.717, 1.165) is 12.8 Å². The normalized spacial score (nSPS) is 26.3. The molecule has 13 heavy (non-hydrogen) atoms. The van der Waals surface area contributed by atoms with Gasteiger partial charge in [-0.05, 0) is 19.3 Å². The van der Waals surface area contributed by atoms with Gasteiger partial charge >= 0.3 is 6.18 Å². The van der Waals surface area contributed by atoms with Gasteiger partial charge in [0.15, 0.2) is 0 Å². The molecule has 0 bridgehead atoms. The van der Waals surface area contributed by atoms with Crippen molar-refractivity contribution in [2.24, 2.45) is 5.73 Å². The van der Waals surface area contributed by atoms with Gasteiger partial charge in [0, 0.05) is 19.1 Å². The Morgan fingerprint density at radius 3 is 2.62 bits per heavy atom. The molecule has 0 aliphatic carbocycles. The van der Waals surface area contributed by atoms with E-state index in [9.17, 15) is 13.2 Å². The Hall–Kier alpha value is -0.290. The lowest BCUT2D eigenvalue weighted by molar-refractivity contribution is -0.137. The molecule has 1 fully saturated rings. The largest absolute Gasteiger partial charge is 0.389 e. The molecule has 2 atom stereocenters. The van der Waals surface area contributed by atoms with E-state index in [2.05, 4.69) is 0 Å². The van der Waals surface area contributed by atoms with Gasteiger partial charge in [0.2, 0.25) is 0 Å². The minimum Gasteiger partial charge on any atom is -0.377 e. The number of alkyl halides is 3. The summed E-state index contributed by atoms with van der Waals surface area (Å²) in [6.07, 6.45) is -3.41. The van der Waals surface area contributed by atoms with Gasteiger partial charge in [-0.25, -0.2) is 0 Å². The van der Waals surface area contributed by atoms with Crippen LogP contribution in [0.4, 0.5) is 13.2 Å². The van der Waals surface area contributed by atoms with Crippen molar-refractivity contribution in [1.82, 2.24) is 0 Å². The second kappa shape index (κ2) is 4.28. The molecule has 0 saturated carbocycles. The highest BCUT2D eigenvalue weighted by Gasteiger charge is 2.30. The average molecular weight is 197 g/mol. The molecule has 78 valence electrons. The SMILES string of the molecule is NC(CCC(F)(F)F)C1CCCO1. The van der Waals surface area contributed by atoms with Gasteiger partial charge < -0.3 is 10.5 Å². The lowest BCUT2D eigenvalue weighted by atomic mass is 10.0. The van der Waals surface area contributed by atoms with Gasteiger partial charge in [0.1, 0.15) is 0 Å². The maximum atomic E-state index is 11.8. The number of ether oxygens (including phenoxy) is 1. The minimum atomic E-state index is -4.10. The van der Waals surface area contributed by atoms with Crippen molar-refractivity contribution in [2.75, 3.05) is 6.61 Å². The molecule has 0 aromatic rings. The summed E-state index contributed by atoms with van der Waals surface area (Å²) in [5, 5.41) is 0. The molecule has 1 aliphatic heterocycles. The zero-order valence-electron chi connectivity index (χ0n) is 7.31. The predicted octanol–water partition coefficient (Wildman–Crippen LogP) is 1.84. The monoisotopic (exact) mass is 197 g/mol. The van der Waals surface area contributed by atoms with Gasteiger partial charge in [-0.3, -0.25) is 0 Å². The van der Waals surface area contributed by atoms with Crippen LogP contribution in [0.1, 0.15) is 25.7 Å². The summed E-state index contributed by atoms with van der Waals surface area (Å²) in [7, 11) is 0. The summed E-state index contributed by atoms with van der Waals surface area (Å²) >= 11 is 0. The summed E-state index contributed by atoms with van der Waals surface area (Å²) in [5.41, 5.74) is 5.56. The topological polar surface area (TPSA) is 35.2 Å². The van der Waals surface area contributed by atoms with E-state index in [4.69, 9.17) is 10.5 Å². The van der Waals surface area contributed by atoms with E-state index in [1.54, 1.807) is 0 Å². The number of hydrogen-bond donors (Lipinski definition) is 1. The molecule has 1 heterocycles. The Morgan fingerprint density at radius 2 is 2.15 bits per heavy atom. The van der Waals surface area contributed by atoms with Crippen molar-refractivity contribution in [3.63, 3.8) is 0 Å². The highest BCUT2D eigenvalue weighted by molar-refractivity contribution is 4.77. The Morgan fingerprint density at radius 1 is 1.46 bits per heavy atom. The molecular formula is C8H14F3NO. The zero-order valence-corrected chi connectivity index (χ0v) is 7.31. The van der Waals surface area contributed by atoms with E-state index < -0.39 is 18.6 Å². The van der Waals surface area contributed by atoms with Gasteiger partial charge in [-0.15, -0.1) is 0 Å². The second-order valence-corrected chi connectivity index (χ2v) is 3.37. The van der Waals surface area contributed by atoms with E-state index in [-0.39, 0.29) is 12.5 Å². The van der Waals surface area contributed by atoms with Crippen molar-refractivity contribution in [1.29, 1.82) is 0 Å². The van der Waals surface area contributed by atoms with E-state index >= 15 is 0 Å². The van der Waals surface area contributed by atoms with E-state index in [1.807, 2.05) is 0 Å². The molecule has 2 nitrogen and oxygen atoms in total. The Labute approximate surface area is 75.2 Å². The Bertz CT molecular complexity index is 154. The molecule has 0 aromatic heterocycles. The van der Waals surface area contributed by atoms with Crippen LogP contribution < -0.4 is 5.73 Å². The average Bonchev–Trinajstić information content (AvgIpc) is 2.50. The summed E-state index contributed by atoms with van der Waals surface area (Å²) in [6, 6.07) is -0.468. The van der Waals surface area contributed by atoms with E-state index in [1.165, 1.54) is 0 Å². The van der Waals surface area contributed by atoms with Crippen LogP contribution in [-0.2, 0) is 4.74 Å². The van der Waals surface area contributed by atoms with Crippen LogP contribution in [-0.4, -0.2) is 24.9 Å². The number of halogens is 3. The third-order valence-electron chi connectivity index (χ3n) is 2.20. The molecule has 0 amide bonds. The fourth-order valence-corrected chi connectivity index (χ4v) is 1.46. The summed E-state index contributed by atoms with van der Waals surface area (Å²) < 4.78 is 40.6. The summed E-state index contributed by atoms with van der Waals surface area (Å²) in [6.45, 7) is 0.629. The molecule has 0 radical (unpaired) electrons. The van der Waals surface area contributed by atoms with Crippen LogP contribution in [0.2, 0.25) is 0 Å². The first-order chi connectivity index (χ1) is 5.99. The fourth-order valence-electron chi connectivity index (χ4n) is 1.46. The van der Waals surface area contributed by atoms with Gasteiger partial charge in [0.25, 0.3) is 0 Å². The maximum absolute atomic E-state index is 11.8. The molecule has 1 rings (SSSR count). The minimum absolute atomic E-state index is 0.0336. The van der Waals surface area contributed by atoms with E-state index in [0.29, 0.717) is 6.61 Å². The van der Waals surface area contributed by atoms with Crippen molar-refractivity contribution < 1.29 is 17.9 Å². The van der Waals surface area contributed by atoms with Gasteiger partial charge in [-0.1, -0.05) is 0 Å². The van der Waals surface area contributed by atoms with Crippen molar-refractivity contribution >= 4 is 0 Å². The van der Waals surface area contributed by atoms with Crippen LogP contribution in [0, 0.1) is 0 Å². The fraction of sp³-hybridized carbons (Fsp3) is 1.00. The highest BCUT2D eigenvalue weighted by atomic mass is 19.4. The molecule has 2 N–H and O–H groups in total. The van der Waals surface area contributed by atoms with Crippen LogP contribution in [0.15, 0.2) is 0 Å². The van der Waals surface area contributed by atoms with Crippen LogP contribution in [0.25, 0.3) is 0 Å².